The number of fused-ring (bicyclic) bond motifs is 1. The normalized spacial score (nSPS) is 13.1. The van der Waals surface area contributed by atoms with Gasteiger partial charge in [-0.2, -0.15) is 0 Å². The lowest BCUT2D eigenvalue weighted by Crippen LogP contribution is -2.50. The first-order chi connectivity index (χ1) is 13.3. The van der Waals surface area contributed by atoms with Crippen LogP contribution in [0.15, 0.2) is 60.9 Å². The maximum atomic E-state index is 13.1. The minimum Gasteiger partial charge on any atom is -0.491 e. The average Bonchev–Trinajstić information content (AvgIpc) is 3.01. The first kappa shape index (κ1) is 19.6. The molecule has 3 rings (SSSR count). The number of hydrogen-bond donors (Lipinski definition) is 1. The summed E-state index contributed by atoms with van der Waals surface area (Å²) in [4.78, 5) is 17.2. The molecule has 146 valence electrons. The molecule has 0 fully saturated rings. The number of carbonyl (C=O) groups excluding carboxylic acids is 1. The van der Waals surface area contributed by atoms with Crippen LogP contribution in [-0.4, -0.2) is 27.6 Å². The molecule has 28 heavy (non-hydrogen) atoms. The Labute approximate surface area is 163 Å². The molecule has 0 saturated carbocycles. The summed E-state index contributed by atoms with van der Waals surface area (Å²) in [6, 6.07) is 9.54. The van der Waals surface area contributed by atoms with Gasteiger partial charge in [-0.05, 0) is 56.7 Å². The van der Waals surface area contributed by atoms with E-state index in [1.807, 2.05) is 43.8 Å². The van der Waals surface area contributed by atoms with Gasteiger partial charge in [-0.3, -0.25) is 4.79 Å². The molecule has 6 heteroatoms. The van der Waals surface area contributed by atoms with E-state index < -0.39 is 5.54 Å². The fourth-order valence-electron chi connectivity index (χ4n) is 3.20. The maximum Gasteiger partial charge on any atom is 0.253 e. The number of amides is 1. The van der Waals surface area contributed by atoms with E-state index in [-0.39, 0.29) is 18.3 Å². The molecule has 1 amide bonds. The molecule has 0 aliphatic carbocycles. The summed E-state index contributed by atoms with van der Waals surface area (Å²) >= 11 is 0. The second kappa shape index (κ2) is 7.84. The minimum atomic E-state index is -0.678. The number of ether oxygens (including phenoxy) is 1. The second-order valence-corrected chi connectivity index (χ2v) is 7.45. The molecule has 1 atom stereocenters. The highest BCUT2D eigenvalue weighted by molar-refractivity contribution is 5.97. The van der Waals surface area contributed by atoms with E-state index in [4.69, 9.17) is 4.74 Å². The number of hydrogen-bond acceptors (Lipinski definition) is 3. The molecule has 0 saturated heterocycles. The molecule has 2 heterocycles. The number of pyridine rings is 1. The van der Waals surface area contributed by atoms with Crippen molar-refractivity contribution < 1.29 is 13.9 Å². The van der Waals surface area contributed by atoms with Gasteiger partial charge in [0.05, 0.1) is 11.1 Å². The van der Waals surface area contributed by atoms with Crippen molar-refractivity contribution in [3.63, 3.8) is 0 Å². The lowest BCUT2D eigenvalue weighted by atomic mass is 9.94. The lowest BCUT2D eigenvalue weighted by Gasteiger charge is -2.31. The molecule has 0 spiro atoms. The third kappa shape index (κ3) is 4.57. The monoisotopic (exact) mass is 381 g/mol. The van der Waals surface area contributed by atoms with Crippen molar-refractivity contribution in [1.29, 1.82) is 0 Å². The van der Waals surface area contributed by atoms with Gasteiger partial charge in [0.2, 0.25) is 0 Å². The molecule has 1 N–H and O–H groups in total. The Hall–Kier alpha value is -3.15. The summed E-state index contributed by atoms with van der Waals surface area (Å²) in [5.74, 6) is -0.0187. The van der Waals surface area contributed by atoms with Gasteiger partial charge in [-0.15, -0.1) is 6.58 Å². The van der Waals surface area contributed by atoms with Crippen LogP contribution in [0.3, 0.4) is 0 Å². The Balaban J connectivity index is 1.76. The zero-order valence-corrected chi connectivity index (χ0v) is 16.3. The zero-order chi connectivity index (χ0) is 20.3. The summed E-state index contributed by atoms with van der Waals surface area (Å²) in [5, 5.41) is 3.95. The number of aryl methyl sites for hydroxylation is 1. The lowest BCUT2D eigenvalue weighted by molar-refractivity contribution is 0.0866. The molecule has 0 aliphatic rings. The van der Waals surface area contributed by atoms with E-state index >= 15 is 0 Å². The highest BCUT2D eigenvalue weighted by Gasteiger charge is 2.28. The van der Waals surface area contributed by atoms with Crippen LogP contribution in [0.5, 0.6) is 5.75 Å². The van der Waals surface area contributed by atoms with E-state index in [0.717, 1.165) is 16.6 Å². The number of nitrogens with zero attached hydrogens (tertiary/aromatic N) is 2. The van der Waals surface area contributed by atoms with Crippen molar-refractivity contribution in [2.24, 2.45) is 7.05 Å². The number of benzene rings is 1. The molecule has 1 unspecified atom stereocenters. The zero-order valence-electron chi connectivity index (χ0n) is 16.3. The molecule has 0 radical (unpaired) electrons. The Morgan fingerprint density at radius 1 is 1.32 bits per heavy atom. The van der Waals surface area contributed by atoms with Gasteiger partial charge in [0.15, 0.2) is 0 Å². The first-order valence-corrected chi connectivity index (χ1v) is 9.02. The minimum absolute atomic E-state index is 0.220. The van der Waals surface area contributed by atoms with Crippen molar-refractivity contribution in [2.45, 2.75) is 25.8 Å². The molecule has 0 bridgehead atoms. The fraction of sp³-hybridized carbons (Fsp3) is 0.273. The highest BCUT2D eigenvalue weighted by atomic mass is 19.1. The molecule has 2 aromatic heterocycles. The molecule has 0 aliphatic heterocycles. The molecule has 3 aromatic rings. The molecule has 1 aromatic carbocycles. The van der Waals surface area contributed by atoms with Gasteiger partial charge >= 0.3 is 0 Å². The maximum absolute atomic E-state index is 13.1. The van der Waals surface area contributed by atoms with Crippen molar-refractivity contribution in [3.05, 3.63) is 72.3 Å². The van der Waals surface area contributed by atoms with Gasteiger partial charge in [-0.25, -0.2) is 9.37 Å². The number of carbonyl (C=O) groups is 1. The largest absolute Gasteiger partial charge is 0.491 e. The Morgan fingerprint density at radius 2 is 2.04 bits per heavy atom. The second-order valence-electron chi connectivity index (χ2n) is 7.45. The van der Waals surface area contributed by atoms with Gasteiger partial charge in [0.25, 0.3) is 5.91 Å². The van der Waals surface area contributed by atoms with E-state index in [0.29, 0.717) is 17.7 Å². The average molecular weight is 381 g/mol. The van der Waals surface area contributed by atoms with Crippen LogP contribution >= 0.6 is 0 Å². The van der Waals surface area contributed by atoms with Crippen LogP contribution in [0.2, 0.25) is 0 Å². The van der Waals surface area contributed by atoms with Crippen molar-refractivity contribution in [3.8, 4) is 5.75 Å². The molecular weight excluding hydrogens is 357 g/mol. The summed E-state index contributed by atoms with van der Waals surface area (Å²) in [5.41, 5.74) is 1.54. The predicted molar refractivity (Wildman–Crippen MR) is 108 cm³/mol. The van der Waals surface area contributed by atoms with Crippen LogP contribution in [0.1, 0.15) is 30.6 Å². The fourth-order valence-corrected chi connectivity index (χ4v) is 3.20. The van der Waals surface area contributed by atoms with Gasteiger partial charge in [0.1, 0.15) is 23.8 Å². The highest BCUT2D eigenvalue weighted by Crippen LogP contribution is 2.20. The smallest absolute Gasteiger partial charge is 0.253 e. The Morgan fingerprint density at radius 3 is 2.71 bits per heavy atom. The SMILES string of the molecule is C=C(C)CC(C)(COc1ccc(F)cc1)NC(=O)c1cnc2c(ccn2C)c1. The van der Waals surface area contributed by atoms with Crippen molar-refractivity contribution >= 4 is 16.9 Å². The summed E-state index contributed by atoms with van der Waals surface area (Å²) in [7, 11) is 1.91. The summed E-state index contributed by atoms with van der Waals surface area (Å²) < 4.78 is 20.8. The van der Waals surface area contributed by atoms with E-state index in [9.17, 15) is 9.18 Å². The number of nitrogens with one attached hydrogen (secondary N) is 1. The van der Waals surface area contributed by atoms with Gasteiger partial charge < -0.3 is 14.6 Å². The number of rotatable bonds is 7. The van der Waals surface area contributed by atoms with E-state index in [1.165, 1.54) is 12.1 Å². The Bertz CT molecular complexity index is 1010. The quantitative estimate of drug-likeness (QED) is 0.623. The standard InChI is InChI=1S/C22H24FN3O2/c1-15(2)12-22(3,14-28-19-7-5-18(23)6-8-19)25-21(27)17-11-16-9-10-26(4)20(16)24-13-17/h5-11,13H,1,12,14H2,2-4H3,(H,25,27). The third-order valence-electron chi connectivity index (χ3n) is 4.45. The van der Waals surface area contributed by atoms with Crippen LogP contribution in [0.4, 0.5) is 4.39 Å². The van der Waals surface area contributed by atoms with E-state index in [1.54, 1.807) is 18.3 Å². The Kier molecular flexibility index (Phi) is 5.49. The summed E-state index contributed by atoms with van der Waals surface area (Å²) in [6.07, 6.45) is 4.02. The number of aromatic nitrogens is 2. The van der Waals surface area contributed by atoms with Crippen molar-refractivity contribution in [1.82, 2.24) is 14.9 Å². The third-order valence-corrected chi connectivity index (χ3v) is 4.45. The molecular formula is C22H24FN3O2. The van der Waals surface area contributed by atoms with Crippen LogP contribution < -0.4 is 10.1 Å². The summed E-state index contributed by atoms with van der Waals surface area (Å²) in [6.45, 7) is 7.98. The molecule has 5 nitrogen and oxygen atoms in total. The number of halogens is 1. The van der Waals surface area contributed by atoms with Crippen LogP contribution in [-0.2, 0) is 7.05 Å². The first-order valence-electron chi connectivity index (χ1n) is 9.02. The van der Waals surface area contributed by atoms with E-state index in [2.05, 4.69) is 16.9 Å². The topological polar surface area (TPSA) is 56.1 Å². The predicted octanol–water partition coefficient (Wildman–Crippen LogP) is 4.25. The van der Waals surface area contributed by atoms with Gasteiger partial charge in [0, 0.05) is 24.8 Å². The van der Waals surface area contributed by atoms with Crippen LogP contribution in [0.25, 0.3) is 11.0 Å². The van der Waals surface area contributed by atoms with Gasteiger partial charge in [-0.1, -0.05) is 5.57 Å². The van der Waals surface area contributed by atoms with Crippen molar-refractivity contribution in [2.75, 3.05) is 6.61 Å². The van der Waals surface area contributed by atoms with Crippen LogP contribution in [0, 0.1) is 5.82 Å².